The molecule has 4 unspecified atom stereocenters. The Balaban J connectivity index is 1.53. The fourth-order valence-corrected chi connectivity index (χ4v) is 8.13. The number of carboxylic acids is 1. The molecule has 3 heterocycles. The van der Waals surface area contributed by atoms with Gasteiger partial charge >= 0.3 is 12.1 Å². The van der Waals surface area contributed by atoms with Crippen LogP contribution >= 0.6 is 23.2 Å². The quantitative estimate of drug-likeness (QED) is 0.366. The predicted molar refractivity (Wildman–Crippen MR) is 147 cm³/mol. The van der Waals surface area contributed by atoms with Crippen molar-refractivity contribution in [1.29, 1.82) is 0 Å². The van der Waals surface area contributed by atoms with Crippen LogP contribution in [-0.4, -0.2) is 52.8 Å². The van der Waals surface area contributed by atoms with E-state index < -0.39 is 71.8 Å². The molecule has 3 aliphatic heterocycles. The number of carbonyl (C=O) groups excluding carboxylic acids is 2. The summed E-state index contributed by atoms with van der Waals surface area (Å²) in [5, 5.41) is 13.1. The number of alkyl halides is 5. The second kappa shape index (κ2) is 10.3. The maximum atomic E-state index is 15.1. The number of hydrogen-bond donors (Lipinski definition) is 2. The van der Waals surface area contributed by atoms with E-state index in [0.29, 0.717) is 12.8 Å². The summed E-state index contributed by atoms with van der Waals surface area (Å²) in [5.74, 6) is -10.6. The average Bonchev–Trinajstić information content (AvgIpc) is 3.66. The zero-order valence-electron chi connectivity index (χ0n) is 22.4. The smallest absolute Gasteiger partial charge is 0.416 e. The Hall–Kier alpha value is -2.96. The van der Waals surface area contributed by atoms with Crippen molar-refractivity contribution < 1.29 is 41.4 Å². The van der Waals surface area contributed by atoms with E-state index in [9.17, 15) is 32.7 Å². The van der Waals surface area contributed by atoms with Crippen LogP contribution in [0.2, 0.25) is 10.0 Å². The van der Waals surface area contributed by atoms with Crippen molar-refractivity contribution in [2.24, 2.45) is 17.8 Å². The Bertz CT molecular complexity index is 1520. The maximum absolute atomic E-state index is 15.1. The minimum atomic E-state index is -4.73. The highest BCUT2D eigenvalue weighted by Gasteiger charge is 2.74. The second-order valence-corrected chi connectivity index (χ2v) is 12.6. The molecule has 7 nitrogen and oxygen atoms in total. The normalized spacial score (nSPS) is 28.3. The summed E-state index contributed by atoms with van der Waals surface area (Å²) < 4.78 is 71.3. The van der Waals surface area contributed by atoms with Crippen LogP contribution in [0.3, 0.4) is 0 Å². The highest BCUT2D eigenvalue weighted by molar-refractivity contribution is 6.38. The van der Waals surface area contributed by atoms with E-state index in [4.69, 9.17) is 23.2 Å². The van der Waals surface area contributed by atoms with Crippen molar-refractivity contribution in [1.82, 2.24) is 4.90 Å². The van der Waals surface area contributed by atoms with Gasteiger partial charge in [0, 0.05) is 35.3 Å². The van der Waals surface area contributed by atoms with E-state index in [1.807, 2.05) is 0 Å². The van der Waals surface area contributed by atoms with Crippen LogP contribution in [0.5, 0.6) is 0 Å². The first-order valence-electron chi connectivity index (χ1n) is 13.8. The Labute approximate surface area is 252 Å². The van der Waals surface area contributed by atoms with Crippen LogP contribution in [0.25, 0.3) is 0 Å². The lowest BCUT2D eigenvalue weighted by Crippen LogP contribution is -2.54. The summed E-state index contributed by atoms with van der Waals surface area (Å²) >= 11 is 12.6. The Morgan fingerprint density at radius 3 is 2.47 bits per heavy atom. The summed E-state index contributed by atoms with van der Waals surface area (Å²) in [6.07, 6.45) is -2.57. The Morgan fingerprint density at radius 2 is 1.81 bits per heavy atom. The molecule has 14 heteroatoms. The van der Waals surface area contributed by atoms with Gasteiger partial charge in [-0.05, 0) is 49.1 Å². The van der Waals surface area contributed by atoms with E-state index in [-0.39, 0.29) is 39.4 Å². The molecule has 1 saturated carbocycles. The number of fused-ring (bicyclic) bond motifs is 4. The second-order valence-electron chi connectivity index (χ2n) is 11.8. The van der Waals surface area contributed by atoms with Gasteiger partial charge in [0.2, 0.25) is 5.91 Å². The molecular weight excluding hydrogens is 620 g/mol. The number of hydrogen-bond acceptors (Lipinski definition) is 4. The molecule has 0 radical (unpaired) electrons. The standard InChI is InChI=1S/C29H26Cl2F5N3O4/c30-16-9-18-23(19(31)10-16)37-26(43)28(18)22(25(41)42)21(20-11-27(32,33)13-39(20)28)24(40)38(12-14-4-1-2-5-14)17-7-3-6-15(8-17)29(34,35)36/h3,6-10,14,20-22H,1-2,4-5,11-13H2,(H,37,43)(H,41,42). The van der Waals surface area contributed by atoms with E-state index in [2.05, 4.69) is 5.32 Å². The summed E-state index contributed by atoms with van der Waals surface area (Å²) in [6, 6.07) is 5.25. The van der Waals surface area contributed by atoms with Gasteiger partial charge in [0.25, 0.3) is 11.8 Å². The number of carboxylic acid groups (broad SMARTS) is 1. The molecular formula is C29H26Cl2F5N3O4. The number of nitrogens with one attached hydrogen (secondary N) is 1. The molecule has 43 heavy (non-hydrogen) atoms. The topological polar surface area (TPSA) is 90.0 Å². The van der Waals surface area contributed by atoms with Crippen molar-refractivity contribution in [3.63, 3.8) is 0 Å². The van der Waals surface area contributed by atoms with Gasteiger partial charge in [-0.1, -0.05) is 42.1 Å². The van der Waals surface area contributed by atoms with Crippen LogP contribution in [0, 0.1) is 17.8 Å². The lowest BCUT2D eigenvalue weighted by Gasteiger charge is -2.36. The van der Waals surface area contributed by atoms with E-state index in [1.165, 1.54) is 18.2 Å². The maximum Gasteiger partial charge on any atom is 0.416 e. The molecule has 2 aromatic rings. The number of nitrogens with zero attached hydrogens (tertiary/aromatic N) is 2. The third-order valence-corrected chi connectivity index (χ3v) is 9.77. The van der Waals surface area contributed by atoms with Gasteiger partial charge in [0.15, 0.2) is 0 Å². The number of anilines is 2. The fraction of sp³-hybridized carbons (Fsp3) is 0.483. The van der Waals surface area contributed by atoms with Crippen LogP contribution in [0.4, 0.5) is 33.3 Å². The van der Waals surface area contributed by atoms with Gasteiger partial charge in [-0.25, -0.2) is 8.78 Å². The van der Waals surface area contributed by atoms with Crippen molar-refractivity contribution in [2.75, 3.05) is 23.3 Å². The number of amides is 2. The van der Waals surface area contributed by atoms with Gasteiger partial charge in [0.1, 0.15) is 11.5 Å². The van der Waals surface area contributed by atoms with Crippen LogP contribution < -0.4 is 10.2 Å². The number of aliphatic carboxylic acids is 1. The zero-order chi connectivity index (χ0) is 31.1. The van der Waals surface area contributed by atoms with Crippen molar-refractivity contribution in [3.05, 3.63) is 57.6 Å². The van der Waals surface area contributed by atoms with Crippen LogP contribution in [-0.2, 0) is 26.1 Å². The van der Waals surface area contributed by atoms with Gasteiger partial charge in [-0.15, -0.1) is 0 Å². The third kappa shape index (κ3) is 4.76. The molecule has 2 amide bonds. The highest BCUT2D eigenvalue weighted by Crippen LogP contribution is 2.61. The molecule has 0 bridgehead atoms. The highest BCUT2D eigenvalue weighted by atomic mass is 35.5. The number of rotatable bonds is 5. The SMILES string of the molecule is O=C(O)C1C(C(=O)N(CC2CCCC2)c2cccc(C(F)(F)F)c2)C2CC(F)(F)CN2C12C(=O)Nc1c(Cl)cc(Cl)cc12. The van der Waals surface area contributed by atoms with Gasteiger partial charge in [0.05, 0.1) is 28.7 Å². The van der Waals surface area contributed by atoms with Gasteiger partial charge in [-0.3, -0.25) is 19.3 Å². The van der Waals surface area contributed by atoms with Gasteiger partial charge in [-0.2, -0.15) is 13.2 Å². The average molecular weight is 646 g/mol. The molecule has 3 fully saturated rings. The fourth-order valence-electron chi connectivity index (χ4n) is 7.58. The third-order valence-electron chi connectivity index (χ3n) is 9.25. The monoisotopic (exact) mass is 645 g/mol. The molecule has 4 atom stereocenters. The van der Waals surface area contributed by atoms with E-state index >= 15 is 8.78 Å². The van der Waals surface area contributed by atoms with Crippen LogP contribution in [0.1, 0.15) is 43.2 Å². The molecule has 4 aliphatic rings. The molecule has 0 aromatic heterocycles. The van der Waals surface area contributed by atoms with Crippen molar-refractivity contribution in [2.45, 2.75) is 55.8 Å². The first-order valence-corrected chi connectivity index (χ1v) is 14.6. The lowest BCUT2D eigenvalue weighted by atomic mass is 9.73. The van der Waals surface area contributed by atoms with Crippen LogP contribution in [0.15, 0.2) is 36.4 Å². The first-order chi connectivity index (χ1) is 20.1. The minimum absolute atomic E-state index is 0.00470. The summed E-state index contributed by atoms with van der Waals surface area (Å²) in [5.41, 5.74) is -3.45. The van der Waals surface area contributed by atoms with Crippen molar-refractivity contribution >= 4 is 52.4 Å². The van der Waals surface area contributed by atoms with Crippen molar-refractivity contribution in [3.8, 4) is 0 Å². The number of benzene rings is 2. The zero-order valence-corrected chi connectivity index (χ0v) is 23.9. The minimum Gasteiger partial charge on any atom is -0.481 e. The summed E-state index contributed by atoms with van der Waals surface area (Å²) in [6.45, 7) is -1.05. The first kappa shape index (κ1) is 30.1. The molecule has 1 spiro atoms. The molecule has 2 N–H and O–H groups in total. The summed E-state index contributed by atoms with van der Waals surface area (Å²) in [4.78, 5) is 43.7. The van der Waals surface area contributed by atoms with Gasteiger partial charge < -0.3 is 15.3 Å². The molecule has 2 saturated heterocycles. The number of halogens is 7. The molecule has 2 aromatic carbocycles. The summed E-state index contributed by atoms with van der Waals surface area (Å²) in [7, 11) is 0. The lowest BCUT2D eigenvalue weighted by molar-refractivity contribution is -0.153. The Kier molecular flexibility index (Phi) is 7.21. The largest absolute Gasteiger partial charge is 0.481 e. The number of carbonyl (C=O) groups is 3. The molecule has 1 aliphatic carbocycles. The van der Waals surface area contributed by atoms with E-state index in [0.717, 1.165) is 40.8 Å². The van der Waals surface area contributed by atoms with E-state index in [1.54, 1.807) is 0 Å². The predicted octanol–water partition coefficient (Wildman–Crippen LogP) is 6.42. The molecule has 6 rings (SSSR count). The Morgan fingerprint density at radius 1 is 1.12 bits per heavy atom. The molecule has 230 valence electrons.